The van der Waals surface area contributed by atoms with E-state index in [1.165, 1.54) is 0 Å². The van der Waals surface area contributed by atoms with Crippen LogP contribution < -0.4 is 15.0 Å². The van der Waals surface area contributed by atoms with Crippen molar-refractivity contribution in [1.82, 2.24) is 0 Å². The van der Waals surface area contributed by atoms with Crippen LogP contribution in [0.1, 0.15) is 17.5 Å². The minimum absolute atomic E-state index is 0.0247. The van der Waals surface area contributed by atoms with Crippen molar-refractivity contribution >= 4 is 23.2 Å². The Morgan fingerprint density at radius 2 is 2.12 bits per heavy atom. The molecule has 0 aliphatic carbocycles. The molecule has 0 saturated carbocycles. The summed E-state index contributed by atoms with van der Waals surface area (Å²) in [5.41, 5.74) is 2.32. The van der Waals surface area contributed by atoms with E-state index in [0.29, 0.717) is 35.7 Å². The van der Waals surface area contributed by atoms with Crippen molar-refractivity contribution in [3.8, 4) is 11.8 Å². The fraction of sp³-hybridized carbons (Fsp3) is 0.211. The van der Waals surface area contributed by atoms with Crippen LogP contribution in [0, 0.1) is 11.3 Å². The number of anilines is 2. The van der Waals surface area contributed by atoms with Crippen molar-refractivity contribution in [3.05, 3.63) is 53.6 Å². The van der Waals surface area contributed by atoms with Gasteiger partial charge >= 0.3 is 0 Å². The number of benzene rings is 2. The SMILES string of the molecule is CN1C(=O)CCOc2ccc(CC(=O)Nc3ccccc3C#N)cc21. The van der Waals surface area contributed by atoms with E-state index in [2.05, 4.69) is 5.32 Å². The number of nitrogens with zero attached hydrogens (tertiary/aromatic N) is 2. The number of carbonyl (C=O) groups is 2. The van der Waals surface area contributed by atoms with Gasteiger partial charge in [0.2, 0.25) is 11.8 Å². The third-order valence-electron chi connectivity index (χ3n) is 4.02. The Bertz CT molecular complexity index is 870. The maximum absolute atomic E-state index is 12.3. The van der Waals surface area contributed by atoms with E-state index in [9.17, 15) is 9.59 Å². The molecule has 1 N–H and O–H groups in total. The normalized spacial score (nSPS) is 13.3. The lowest BCUT2D eigenvalue weighted by atomic mass is 10.1. The fourth-order valence-corrected chi connectivity index (χ4v) is 2.68. The first-order valence-electron chi connectivity index (χ1n) is 7.90. The van der Waals surface area contributed by atoms with Gasteiger partial charge in [-0.2, -0.15) is 5.26 Å². The Labute approximate surface area is 145 Å². The lowest BCUT2D eigenvalue weighted by Crippen LogP contribution is -2.25. The molecule has 2 amide bonds. The second-order valence-corrected chi connectivity index (χ2v) is 5.74. The molecule has 126 valence electrons. The molecule has 0 aromatic heterocycles. The number of para-hydroxylation sites is 1. The van der Waals surface area contributed by atoms with Crippen LogP contribution in [-0.2, 0) is 16.0 Å². The third-order valence-corrected chi connectivity index (χ3v) is 4.02. The van der Waals surface area contributed by atoms with Crippen molar-refractivity contribution in [2.45, 2.75) is 12.8 Å². The van der Waals surface area contributed by atoms with Crippen LogP contribution in [0.2, 0.25) is 0 Å². The molecule has 2 aromatic carbocycles. The van der Waals surface area contributed by atoms with Gasteiger partial charge in [0.25, 0.3) is 0 Å². The molecule has 3 rings (SSSR count). The van der Waals surface area contributed by atoms with Crippen LogP contribution in [0.3, 0.4) is 0 Å². The van der Waals surface area contributed by atoms with Gasteiger partial charge in [-0.15, -0.1) is 0 Å². The Balaban J connectivity index is 1.77. The number of rotatable bonds is 3. The van der Waals surface area contributed by atoms with E-state index in [-0.39, 0.29) is 18.2 Å². The van der Waals surface area contributed by atoms with E-state index < -0.39 is 0 Å². The highest BCUT2D eigenvalue weighted by Gasteiger charge is 2.20. The smallest absolute Gasteiger partial charge is 0.230 e. The summed E-state index contributed by atoms with van der Waals surface area (Å²) in [4.78, 5) is 25.8. The Kier molecular flexibility index (Phi) is 4.66. The average molecular weight is 335 g/mol. The molecular formula is C19H17N3O3. The first kappa shape index (κ1) is 16.5. The number of hydrogen-bond donors (Lipinski definition) is 1. The van der Waals surface area contributed by atoms with E-state index in [1.54, 1.807) is 54.4 Å². The Morgan fingerprint density at radius 3 is 2.92 bits per heavy atom. The fourth-order valence-electron chi connectivity index (χ4n) is 2.68. The lowest BCUT2D eigenvalue weighted by molar-refractivity contribution is -0.118. The predicted octanol–water partition coefficient (Wildman–Crippen LogP) is 2.48. The van der Waals surface area contributed by atoms with Gasteiger partial charge in [0.1, 0.15) is 11.8 Å². The summed E-state index contributed by atoms with van der Waals surface area (Å²) >= 11 is 0. The van der Waals surface area contributed by atoms with Crippen LogP contribution in [0.5, 0.6) is 5.75 Å². The summed E-state index contributed by atoms with van der Waals surface area (Å²) < 4.78 is 5.58. The van der Waals surface area contributed by atoms with Crippen molar-refractivity contribution in [3.63, 3.8) is 0 Å². The average Bonchev–Trinajstić information content (AvgIpc) is 2.75. The van der Waals surface area contributed by atoms with Crippen LogP contribution in [0.25, 0.3) is 0 Å². The Hall–Kier alpha value is -3.33. The number of ether oxygens (including phenoxy) is 1. The first-order chi connectivity index (χ1) is 12.1. The van der Waals surface area contributed by atoms with E-state index in [1.807, 2.05) is 6.07 Å². The summed E-state index contributed by atoms with van der Waals surface area (Å²) in [7, 11) is 1.70. The van der Waals surface area contributed by atoms with Crippen molar-refractivity contribution in [2.24, 2.45) is 0 Å². The maximum atomic E-state index is 12.3. The van der Waals surface area contributed by atoms with Crippen LogP contribution in [0.4, 0.5) is 11.4 Å². The van der Waals surface area contributed by atoms with E-state index in [0.717, 1.165) is 5.56 Å². The van der Waals surface area contributed by atoms with Crippen molar-refractivity contribution < 1.29 is 14.3 Å². The Morgan fingerprint density at radius 1 is 1.32 bits per heavy atom. The second kappa shape index (κ2) is 7.05. The van der Waals surface area contributed by atoms with Crippen molar-refractivity contribution in [2.75, 3.05) is 23.9 Å². The minimum Gasteiger partial charge on any atom is -0.491 e. The summed E-state index contributed by atoms with van der Waals surface area (Å²) in [6, 6.07) is 14.3. The number of amides is 2. The number of carbonyl (C=O) groups excluding carboxylic acids is 2. The van der Waals surface area contributed by atoms with Gasteiger partial charge in [-0.3, -0.25) is 9.59 Å². The molecule has 0 fully saturated rings. The minimum atomic E-state index is -0.230. The highest BCUT2D eigenvalue weighted by molar-refractivity contribution is 5.96. The van der Waals surface area contributed by atoms with Gasteiger partial charge in [-0.25, -0.2) is 0 Å². The second-order valence-electron chi connectivity index (χ2n) is 5.74. The van der Waals surface area contributed by atoms with Crippen LogP contribution in [0.15, 0.2) is 42.5 Å². The van der Waals surface area contributed by atoms with Gasteiger partial charge < -0.3 is 15.0 Å². The first-order valence-corrected chi connectivity index (χ1v) is 7.90. The predicted molar refractivity (Wildman–Crippen MR) is 93.5 cm³/mol. The zero-order valence-electron chi connectivity index (χ0n) is 13.8. The number of nitrogens with one attached hydrogen (secondary N) is 1. The standard InChI is InChI=1S/C19H17N3O3/c1-22-16-10-13(6-7-17(16)25-9-8-19(22)24)11-18(23)21-15-5-3-2-4-14(15)12-20/h2-7,10H,8-9,11H2,1H3,(H,21,23). The molecular weight excluding hydrogens is 318 g/mol. The van der Waals surface area contributed by atoms with Gasteiger partial charge in [-0.1, -0.05) is 18.2 Å². The molecule has 6 nitrogen and oxygen atoms in total. The van der Waals surface area contributed by atoms with Gasteiger partial charge in [-0.05, 0) is 29.8 Å². The summed E-state index contributed by atoms with van der Waals surface area (Å²) in [5, 5.41) is 11.8. The maximum Gasteiger partial charge on any atom is 0.230 e. The molecule has 0 atom stereocenters. The summed E-state index contributed by atoms with van der Waals surface area (Å²) in [6.07, 6.45) is 0.459. The van der Waals surface area contributed by atoms with Crippen LogP contribution >= 0.6 is 0 Å². The van der Waals surface area contributed by atoms with Gasteiger partial charge in [0.05, 0.1) is 36.4 Å². The zero-order chi connectivity index (χ0) is 17.8. The van der Waals surface area contributed by atoms with Crippen LogP contribution in [-0.4, -0.2) is 25.5 Å². The monoisotopic (exact) mass is 335 g/mol. The highest BCUT2D eigenvalue weighted by Crippen LogP contribution is 2.31. The molecule has 1 aliphatic heterocycles. The third kappa shape index (κ3) is 3.61. The number of hydrogen-bond acceptors (Lipinski definition) is 4. The lowest BCUT2D eigenvalue weighted by Gasteiger charge is -2.17. The van der Waals surface area contributed by atoms with Crippen molar-refractivity contribution in [1.29, 1.82) is 5.26 Å². The quantitative estimate of drug-likeness (QED) is 0.934. The molecule has 0 radical (unpaired) electrons. The molecule has 0 bridgehead atoms. The molecule has 2 aromatic rings. The summed E-state index contributed by atoms with van der Waals surface area (Å²) in [6.45, 7) is 0.348. The van der Waals surface area contributed by atoms with E-state index in [4.69, 9.17) is 10.00 Å². The highest BCUT2D eigenvalue weighted by atomic mass is 16.5. The molecule has 25 heavy (non-hydrogen) atoms. The van der Waals surface area contributed by atoms with Gasteiger partial charge in [0, 0.05) is 7.05 Å². The zero-order valence-corrected chi connectivity index (χ0v) is 13.8. The molecule has 6 heteroatoms. The summed E-state index contributed by atoms with van der Waals surface area (Å²) in [5.74, 6) is 0.377. The largest absolute Gasteiger partial charge is 0.491 e. The topological polar surface area (TPSA) is 82.4 Å². The van der Waals surface area contributed by atoms with Gasteiger partial charge in [0.15, 0.2) is 0 Å². The molecule has 0 unspecified atom stereocenters. The van der Waals surface area contributed by atoms with E-state index >= 15 is 0 Å². The molecule has 0 spiro atoms. The number of fused-ring (bicyclic) bond motifs is 1. The number of nitriles is 1. The molecule has 0 saturated heterocycles. The molecule has 1 aliphatic rings. The molecule has 1 heterocycles.